The summed E-state index contributed by atoms with van der Waals surface area (Å²) in [5.41, 5.74) is 3.52. The average Bonchev–Trinajstić information content (AvgIpc) is 2.42. The minimum Gasteiger partial charge on any atom is -0.256 e. The van der Waals surface area contributed by atoms with Crippen molar-refractivity contribution in [3.05, 3.63) is 48.2 Å². The second-order valence-corrected chi connectivity index (χ2v) is 4.45. The highest BCUT2D eigenvalue weighted by Crippen LogP contribution is 2.17. The Morgan fingerprint density at radius 2 is 1.65 bits per heavy atom. The average molecular weight is 263 g/mol. The zero-order valence-corrected chi connectivity index (χ0v) is 12.7. The van der Waals surface area contributed by atoms with Gasteiger partial charge in [-0.05, 0) is 23.1 Å². The molecule has 1 aromatic heterocycles. The van der Waals surface area contributed by atoms with Crippen LogP contribution >= 0.6 is 18.5 Å². The number of hydrogen-bond acceptors (Lipinski definition) is 1. The highest BCUT2D eigenvalue weighted by Gasteiger charge is 1.98. The van der Waals surface area contributed by atoms with Gasteiger partial charge in [0.15, 0.2) is 0 Å². The Morgan fingerprint density at radius 1 is 1.00 bits per heavy atom. The monoisotopic (exact) mass is 263 g/mol. The Morgan fingerprint density at radius 3 is 2.12 bits per heavy atom. The molecule has 0 aliphatic carbocycles. The number of rotatable bonds is 2. The van der Waals surface area contributed by atoms with Crippen LogP contribution in [0.5, 0.6) is 0 Å². The topological polar surface area (TPSA) is 12.9 Å². The van der Waals surface area contributed by atoms with Crippen LogP contribution in [0, 0.1) is 0 Å². The Kier molecular flexibility index (Phi) is 6.34. The van der Waals surface area contributed by atoms with Gasteiger partial charge in [-0.1, -0.05) is 44.2 Å². The molecule has 0 aliphatic rings. The summed E-state index contributed by atoms with van der Waals surface area (Å²) in [7, 11) is 5.36. The van der Waals surface area contributed by atoms with Crippen molar-refractivity contribution in [2.24, 2.45) is 0 Å². The van der Waals surface area contributed by atoms with Crippen LogP contribution in [0.4, 0.5) is 0 Å². The quantitative estimate of drug-likeness (QED) is 0.754. The molecule has 2 aromatic rings. The molecule has 1 heterocycles. The third-order valence-electron chi connectivity index (χ3n) is 2.27. The fourth-order valence-electron chi connectivity index (χ4n) is 1.39. The van der Waals surface area contributed by atoms with E-state index in [1.807, 2.05) is 26.1 Å². The van der Waals surface area contributed by atoms with Gasteiger partial charge in [0, 0.05) is 11.8 Å². The molecule has 2 atom stereocenters. The smallest absolute Gasteiger partial charge is 0.0702 e. The minimum absolute atomic E-state index is 0.998. The summed E-state index contributed by atoms with van der Waals surface area (Å²) < 4.78 is 0. The lowest BCUT2D eigenvalue weighted by Gasteiger charge is -2.02. The van der Waals surface area contributed by atoms with Crippen LogP contribution in [-0.4, -0.2) is 4.98 Å². The standard InChI is InChI=1S/C12H13NP2.C2H6/c14-8-9-1-3-10(4-2-9)12-6-5-11(15)7-13-12;1-2/h1-7H,8,14-15H2;1-2H3. The summed E-state index contributed by atoms with van der Waals surface area (Å²) in [6, 6.07) is 12.6. The van der Waals surface area contributed by atoms with E-state index in [4.69, 9.17) is 0 Å². The van der Waals surface area contributed by atoms with Gasteiger partial charge in [0.1, 0.15) is 0 Å². The third kappa shape index (κ3) is 4.19. The van der Waals surface area contributed by atoms with E-state index in [0.717, 1.165) is 17.2 Å². The fraction of sp³-hybridized carbons (Fsp3) is 0.214. The molecule has 0 N–H and O–H groups in total. The van der Waals surface area contributed by atoms with Crippen molar-refractivity contribution in [3.8, 4) is 11.3 Å². The van der Waals surface area contributed by atoms with Gasteiger partial charge in [-0.3, -0.25) is 4.98 Å². The Labute approximate surface area is 108 Å². The largest absolute Gasteiger partial charge is 0.256 e. The van der Waals surface area contributed by atoms with Crippen LogP contribution < -0.4 is 5.30 Å². The van der Waals surface area contributed by atoms with Crippen molar-refractivity contribution in [2.75, 3.05) is 0 Å². The summed E-state index contributed by atoms with van der Waals surface area (Å²) >= 11 is 0. The van der Waals surface area contributed by atoms with Crippen LogP contribution in [0.3, 0.4) is 0 Å². The number of benzene rings is 1. The first kappa shape index (κ1) is 14.3. The molecular weight excluding hydrogens is 244 g/mol. The molecule has 0 saturated heterocycles. The number of hydrogen-bond donors (Lipinski definition) is 0. The van der Waals surface area contributed by atoms with Crippen LogP contribution in [0.1, 0.15) is 19.4 Å². The maximum atomic E-state index is 4.38. The predicted molar refractivity (Wildman–Crippen MR) is 83.8 cm³/mol. The molecule has 0 bridgehead atoms. The van der Waals surface area contributed by atoms with Gasteiger partial charge in [-0.15, -0.1) is 18.5 Å². The van der Waals surface area contributed by atoms with E-state index < -0.39 is 0 Å². The van der Waals surface area contributed by atoms with Crippen molar-refractivity contribution in [3.63, 3.8) is 0 Å². The van der Waals surface area contributed by atoms with Gasteiger partial charge >= 0.3 is 0 Å². The van der Waals surface area contributed by atoms with Gasteiger partial charge in [-0.2, -0.15) is 0 Å². The van der Waals surface area contributed by atoms with Gasteiger partial charge in [0.2, 0.25) is 0 Å². The lowest BCUT2D eigenvalue weighted by atomic mass is 10.1. The predicted octanol–water partition coefficient (Wildman–Crippen LogP) is 3.65. The second-order valence-electron chi connectivity index (χ2n) is 3.38. The number of aromatic nitrogens is 1. The first-order valence-corrected chi connectivity index (χ1v) is 7.20. The van der Waals surface area contributed by atoms with E-state index in [9.17, 15) is 0 Å². The molecule has 1 aromatic carbocycles. The summed E-state index contributed by atoms with van der Waals surface area (Å²) in [4.78, 5) is 4.38. The number of nitrogens with zero attached hydrogens (tertiary/aromatic N) is 1. The van der Waals surface area contributed by atoms with Crippen molar-refractivity contribution in [2.45, 2.75) is 20.0 Å². The van der Waals surface area contributed by atoms with Gasteiger partial charge in [-0.25, -0.2) is 0 Å². The van der Waals surface area contributed by atoms with Crippen molar-refractivity contribution < 1.29 is 0 Å². The Balaban J connectivity index is 0.000000686. The molecule has 3 heteroatoms. The first-order valence-electron chi connectivity index (χ1n) is 5.80. The third-order valence-corrected chi connectivity index (χ3v) is 3.08. The van der Waals surface area contributed by atoms with Crippen LogP contribution in [-0.2, 0) is 6.16 Å². The van der Waals surface area contributed by atoms with Crippen LogP contribution in [0.2, 0.25) is 0 Å². The molecule has 17 heavy (non-hydrogen) atoms. The van der Waals surface area contributed by atoms with E-state index in [1.165, 1.54) is 11.1 Å². The van der Waals surface area contributed by atoms with Gasteiger partial charge in [0.05, 0.1) is 5.69 Å². The summed E-state index contributed by atoms with van der Waals surface area (Å²) in [5, 5.41) is 1.11. The highest BCUT2D eigenvalue weighted by atomic mass is 31.0. The zero-order chi connectivity index (χ0) is 12.7. The van der Waals surface area contributed by atoms with E-state index in [-0.39, 0.29) is 0 Å². The molecule has 0 spiro atoms. The van der Waals surface area contributed by atoms with Crippen LogP contribution in [0.15, 0.2) is 42.6 Å². The molecule has 2 unspecified atom stereocenters. The molecule has 0 fully saturated rings. The molecule has 0 saturated carbocycles. The van der Waals surface area contributed by atoms with Crippen molar-refractivity contribution >= 4 is 23.8 Å². The van der Waals surface area contributed by atoms with Crippen molar-refractivity contribution in [1.29, 1.82) is 0 Å². The Bertz CT molecular complexity index is 435. The van der Waals surface area contributed by atoms with Crippen molar-refractivity contribution in [1.82, 2.24) is 4.98 Å². The minimum atomic E-state index is 0.998. The maximum Gasteiger partial charge on any atom is 0.0702 e. The SMILES string of the molecule is CC.PCc1ccc(-c2ccc(P)cn2)cc1. The van der Waals surface area contributed by atoms with E-state index in [0.29, 0.717) is 0 Å². The lowest BCUT2D eigenvalue weighted by Crippen LogP contribution is -1.92. The van der Waals surface area contributed by atoms with Crippen LogP contribution in [0.25, 0.3) is 11.3 Å². The molecule has 0 aliphatic heterocycles. The number of pyridine rings is 1. The van der Waals surface area contributed by atoms with Gasteiger partial charge in [0.25, 0.3) is 0 Å². The van der Waals surface area contributed by atoms with E-state index >= 15 is 0 Å². The Hall–Kier alpha value is -0.770. The lowest BCUT2D eigenvalue weighted by molar-refractivity contribution is 1.33. The molecule has 1 nitrogen and oxygen atoms in total. The van der Waals surface area contributed by atoms with E-state index in [2.05, 4.69) is 53.8 Å². The molecular formula is C14H19NP2. The molecule has 90 valence electrons. The molecule has 2 rings (SSSR count). The normalized spacial score (nSPS) is 9.41. The van der Waals surface area contributed by atoms with E-state index in [1.54, 1.807) is 0 Å². The van der Waals surface area contributed by atoms with Gasteiger partial charge < -0.3 is 0 Å². The summed E-state index contributed by atoms with van der Waals surface area (Å²) in [5.74, 6) is 0. The summed E-state index contributed by atoms with van der Waals surface area (Å²) in [6.07, 6.45) is 2.86. The fourth-order valence-corrected chi connectivity index (χ4v) is 1.83. The maximum absolute atomic E-state index is 4.38. The highest BCUT2D eigenvalue weighted by molar-refractivity contribution is 7.27. The molecule has 0 radical (unpaired) electrons. The molecule has 0 amide bonds. The zero-order valence-electron chi connectivity index (χ0n) is 10.4. The second kappa shape index (κ2) is 7.54. The first-order chi connectivity index (χ1) is 8.29. The summed E-state index contributed by atoms with van der Waals surface area (Å²) in [6.45, 7) is 4.00.